The van der Waals surface area contributed by atoms with Gasteiger partial charge in [-0.1, -0.05) is 23.8 Å². The lowest BCUT2D eigenvalue weighted by atomic mass is 10.2. The Bertz CT molecular complexity index is 1010. The van der Waals surface area contributed by atoms with Gasteiger partial charge in [-0.25, -0.2) is 0 Å². The van der Waals surface area contributed by atoms with Gasteiger partial charge in [0.05, 0.1) is 19.4 Å². The Labute approximate surface area is 175 Å². The molecule has 1 heterocycles. The molecule has 0 atom stereocenters. The second-order valence-corrected chi connectivity index (χ2v) is 7.65. The highest BCUT2D eigenvalue weighted by Gasteiger charge is 2.24. The third-order valence-corrected chi connectivity index (χ3v) is 4.98. The molecule has 6 heteroatoms. The standard InChI is InChI=1S/C24H25N3O3/c1-17-7-11-21(12-8-17)27(15-22-6-3-13-30-22)16-23(28)25-20-5-2-4-18(14-20)24(29)26-19-9-10-19/h2-8,11-14,19H,9-10,15-16H2,1H3,(H,25,28)(H,26,29). The molecule has 0 saturated heterocycles. The molecule has 4 rings (SSSR count). The van der Waals surface area contributed by atoms with Crippen molar-refractivity contribution in [2.24, 2.45) is 0 Å². The summed E-state index contributed by atoms with van der Waals surface area (Å²) >= 11 is 0. The maximum Gasteiger partial charge on any atom is 0.251 e. The first kappa shape index (κ1) is 19.8. The van der Waals surface area contributed by atoms with Crippen molar-refractivity contribution in [3.63, 3.8) is 0 Å². The van der Waals surface area contributed by atoms with Gasteiger partial charge in [-0.15, -0.1) is 0 Å². The van der Waals surface area contributed by atoms with E-state index in [9.17, 15) is 9.59 Å². The smallest absolute Gasteiger partial charge is 0.251 e. The van der Waals surface area contributed by atoms with Crippen molar-refractivity contribution in [1.82, 2.24) is 5.32 Å². The zero-order chi connectivity index (χ0) is 20.9. The summed E-state index contributed by atoms with van der Waals surface area (Å²) in [4.78, 5) is 27.0. The summed E-state index contributed by atoms with van der Waals surface area (Å²) in [6.45, 7) is 2.66. The van der Waals surface area contributed by atoms with Crippen LogP contribution in [-0.4, -0.2) is 24.4 Å². The van der Waals surface area contributed by atoms with E-state index in [1.807, 2.05) is 48.2 Å². The normalized spacial score (nSPS) is 13.0. The van der Waals surface area contributed by atoms with E-state index in [0.717, 1.165) is 29.9 Å². The predicted molar refractivity (Wildman–Crippen MR) is 116 cm³/mol. The van der Waals surface area contributed by atoms with Gasteiger partial charge in [0.25, 0.3) is 5.91 Å². The van der Waals surface area contributed by atoms with Gasteiger partial charge in [0.1, 0.15) is 5.76 Å². The van der Waals surface area contributed by atoms with Gasteiger partial charge in [-0.2, -0.15) is 0 Å². The lowest BCUT2D eigenvalue weighted by molar-refractivity contribution is -0.115. The van der Waals surface area contributed by atoms with E-state index < -0.39 is 0 Å². The minimum atomic E-state index is -0.165. The van der Waals surface area contributed by atoms with Gasteiger partial charge < -0.3 is 20.0 Å². The molecule has 0 radical (unpaired) electrons. The fraction of sp³-hybridized carbons (Fsp3) is 0.250. The van der Waals surface area contributed by atoms with Crippen molar-refractivity contribution >= 4 is 23.2 Å². The number of hydrogen-bond acceptors (Lipinski definition) is 4. The van der Waals surface area contributed by atoms with Crippen LogP contribution in [0.1, 0.15) is 34.5 Å². The second-order valence-electron chi connectivity index (χ2n) is 7.65. The minimum absolute atomic E-state index is 0.104. The zero-order valence-electron chi connectivity index (χ0n) is 16.9. The van der Waals surface area contributed by atoms with E-state index in [4.69, 9.17) is 4.42 Å². The van der Waals surface area contributed by atoms with Crippen molar-refractivity contribution in [1.29, 1.82) is 0 Å². The number of anilines is 2. The zero-order valence-corrected chi connectivity index (χ0v) is 16.9. The Morgan fingerprint density at radius 1 is 1.07 bits per heavy atom. The molecule has 1 aliphatic rings. The summed E-state index contributed by atoms with van der Waals surface area (Å²) in [7, 11) is 0. The number of hydrogen-bond donors (Lipinski definition) is 2. The lowest BCUT2D eigenvalue weighted by Crippen LogP contribution is -2.33. The molecule has 0 bridgehead atoms. The quantitative estimate of drug-likeness (QED) is 0.593. The van der Waals surface area contributed by atoms with Crippen molar-refractivity contribution in [2.75, 3.05) is 16.8 Å². The van der Waals surface area contributed by atoms with Crippen molar-refractivity contribution in [3.8, 4) is 0 Å². The molecular weight excluding hydrogens is 378 g/mol. The van der Waals surface area contributed by atoms with E-state index in [-0.39, 0.29) is 18.4 Å². The third kappa shape index (κ3) is 5.29. The largest absolute Gasteiger partial charge is 0.467 e. The Morgan fingerprint density at radius 3 is 2.57 bits per heavy atom. The van der Waals surface area contributed by atoms with E-state index in [0.29, 0.717) is 23.8 Å². The van der Waals surface area contributed by atoms with Crippen LogP contribution in [0.25, 0.3) is 0 Å². The van der Waals surface area contributed by atoms with Crippen LogP contribution < -0.4 is 15.5 Å². The molecule has 1 aliphatic carbocycles. The van der Waals surface area contributed by atoms with Crippen LogP contribution in [0.3, 0.4) is 0 Å². The van der Waals surface area contributed by atoms with E-state index >= 15 is 0 Å². The fourth-order valence-electron chi connectivity index (χ4n) is 3.19. The molecule has 2 amide bonds. The number of benzene rings is 2. The molecule has 0 spiro atoms. The third-order valence-electron chi connectivity index (χ3n) is 4.98. The van der Waals surface area contributed by atoms with Crippen LogP contribution in [0.2, 0.25) is 0 Å². The summed E-state index contributed by atoms with van der Waals surface area (Å²) < 4.78 is 5.47. The highest BCUT2D eigenvalue weighted by atomic mass is 16.3. The van der Waals surface area contributed by atoms with E-state index in [1.54, 1.807) is 30.5 Å². The molecule has 2 aromatic carbocycles. The highest BCUT2D eigenvalue weighted by Crippen LogP contribution is 2.21. The van der Waals surface area contributed by atoms with Crippen molar-refractivity contribution < 1.29 is 14.0 Å². The monoisotopic (exact) mass is 403 g/mol. The Morgan fingerprint density at radius 2 is 1.87 bits per heavy atom. The van der Waals surface area contributed by atoms with Crippen LogP contribution >= 0.6 is 0 Å². The lowest BCUT2D eigenvalue weighted by Gasteiger charge is -2.23. The molecule has 2 N–H and O–H groups in total. The first-order valence-corrected chi connectivity index (χ1v) is 10.1. The maximum atomic E-state index is 12.8. The van der Waals surface area contributed by atoms with Gasteiger partial charge in [0.2, 0.25) is 5.91 Å². The van der Waals surface area contributed by atoms with Gasteiger partial charge in [0.15, 0.2) is 0 Å². The molecule has 154 valence electrons. The molecule has 3 aromatic rings. The van der Waals surface area contributed by atoms with E-state index in [1.165, 1.54) is 0 Å². The number of carbonyl (C=O) groups is 2. The van der Waals surface area contributed by atoms with Crippen LogP contribution in [0.4, 0.5) is 11.4 Å². The number of rotatable bonds is 8. The van der Waals surface area contributed by atoms with Gasteiger partial charge in [-0.05, 0) is 62.2 Å². The summed E-state index contributed by atoms with van der Waals surface area (Å²) in [5, 5.41) is 5.87. The Balaban J connectivity index is 1.44. The van der Waals surface area contributed by atoms with Crippen LogP contribution in [0, 0.1) is 6.92 Å². The average Bonchev–Trinajstić information content (AvgIpc) is 3.40. The summed E-state index contributed by atoms with van der Waals surface area (Å²) in [5.41, 5.74) is 3.24. The second kappa shape index (κ2) is 8.86. The predicted octanol–water partition coefficient (Wildman–Crippen LogP) is 4.13. The summed E-state index contributed by atoms with van der Waals surface area (Å²) in [5.74, 6) is 0.511. The number of nitrogens with one attached hydrogen (secondary N) is 2. The van der Waals surface area contributed by atoms with Crippen LogP contribution in [0.5, 0.6) is 0 Å². The molecule has 1 saturated carbocycles. The molecule has 6 nitrogen and oxygen atoms in total. The van der Waals surface area contributed by atoms with Gasteiger partial charge in [-0.3, -0.25) is 9.59 Å². The SMILES string of the molecule is Cc1ccc(N(CC(=O)Nc2cccc(C(=O)NC3CC3)c2)Cc2ccco2)cc1. The van der Waals surface area contributed by atoms with Crippen LogP contribution in [-0.2, 0) is 11.3 Å². The van der Waals surface area contributed by atoms with Gasteiger partial charge in [0, 0.05) is 23.0 Å². The van der Waals surface area contributed by atoms with Gasteiger partial charge >= 0.3 is 0 Å². The molecule has 30 heavy (non-hydrogen) atoms. The van der Waals surface area contributed by atoms with Crippen LogP contribution in [0.15, 0.2) is 71.3 Å². The summed E-state index contributed by atoms with van der Waals surface area (Å²) in [6.07, 6.45) is 3.69. The fourth-order valence-corrected chi connectivity index (χ4v) is 3.19. The van der Waals surface area contributed by atoms with E-state index in [2.05, 4.69) is 10.6 Å². The molecule has 0 unspecified atom stereocenters. The molecule has 1 fully saturated rings. The number of aryl methyl sites for hydroxylation is 1. The minimum Gasteiger partial charge on any atom is -0.467 e. The Hall–Kier alpha value is -3.54. The Kier molecular flexibility index (Phi) is 5.84. The summed E-state index contributed by atoms with van der Waals surface area (Å²) in [6, 6.07) is 19.1. The number of carbonyl (C=O) groups excluding carboxylic acids is 2. The number of furan rings is 1. The van der Waals surface area contributed by atoms with Crippen molar-refractivity contribution in [2.45, 2.75) is 32.4 Å². The molecule has 1 aromatic heterocycles. The topological polar surface area (TPSA) is 74.6 Å². The number of amides is 2. The number of nitrogens with zero attached hydrogens (tertiary/aromatic N) is 1. The molecular formula is C24H25N3O3. The first-order valence-electron chi connectivity index (χ1n) is 10.1. The highest BCUT2D eigenvalue weighted by molar-refractivity contribution is 5.98. The van der Waals surface area contributed by atoms with Crippen molar-refractivity contribution in [3.05, 3.63) is 83.8 Å². The molecule has 0 aliphatic heterocycles. The first-order chi connectivity index (χ1) is 14.6. The maximum absolute atomic E-state index is 12.8. The average molecular weight is 403 g/mol.